The second-order valence-corrected chi connectivity index (χ2v) is 6.85. The van der Waals surface area contributed by atoms with Gasteiger partial charge in [-0.1, -0.05) is 13.3 Å². The van der Waals surface area contributed by atoms with Gasteiger partial charge in [0.1, 0.15) is 5.75 Å². The van der Waals surface area contributed by atoms with Gasteiger partial charge in [0.15, 0.2) is 11.6 Å². The van der Waals surface area contributed by atoms with Crippen LogP contribution in [0.25, 0.3) is 0 Å². The Hall–Kier alpha value is -1.98. The molecule has 0 aliphatic carbocycles. The summed E-state index contributed by atoms with van der Waals surface area (Å²) in [6, 6.07) is 2.28. The zero-order valence-electron chi connectivity index (χ0n) is 15.2. The van der Waals surface area contributed by atoms with Crippen molar-refractivity contribution in [2.45, 2.75) is 38.0 Å². The Morgan fingerprint density at radius 1 is 1.07 bits per heavy atom. The van der Waals surface area contributed by atoms with E-state index < -0.39 is 41.0 Å². The van der Waals surface area contributed by atoms with E-state index in [1.54, 1.807) is 0 Å². The number of fused-ring (bicyclic) bond motifs is 3. The number of ether oxygens (including phenoxy) is 5. The van der Waals surface area contributed by atoms with Gasteiger partial charge in [0.2, 0.25) is 0 Å². The largest absolute Gasteiger partial charge is 0.484 e. The molecule has 1 aromatic rings. The van der Waals surface area contributed by atoms with Gasteiger partial charge in [0.05, 0.1) is 32.2 Å². The smallest absolute Gasteiger partial charge is 0.462 e. The van der Waals surface area contributed by atoms with Crippen LogP contribution in [-0.2, 0) is 14.2 Å². The Bertz CT molecular complexity index is 739. The number of hydrogen-bond acceptors (Lipinski definition) is 5. The van der Waals surface area contributed by atoms with Crippen molar-refractivity contribution in [2.24, 2.45) is 5.41 Å². The van der Waals surface area contributed by atoms with Crippen LogP contribution in [0.2, 0.25) is 0 Å². The van der Waals surface area contributed by atoms with Crippen molar-refractivity contribution in [1.82, 2.24) is 0 Å². The van der Waals surface area contributed by atoms with E-state index in [1.807, 2.05) is 6.92 Å². The van der Waals surface area contributed by atoms with E-state index in [0.717, 1.165) is 18.6 Å². The van der Waals surface area contributed by atoms with Crippen LogP contribution in [0.3, 0.4) is 0 Å². The summed E-state index contributed by atoms with van der Waals surface area (Å²) >= 11 is 0. The van der Waals surface area contributed by atoms with Crippen LogP contribution in [-0.4, -0.2) is 38.1 Å². The summed E-state index contributed by atoms with van der Waals surface area (Å²) in [5.41, 5.74) is -0.498. The highest BCUT2D eigenvalue weighted by Gasteiger charge is 2.68. The molecule has 29 heavy (non-hydrogen) atoms. The van der Waals surface area contributed by atoms with Gasteiger partial charge >= 0.3 is 18.3 Å². The van der Waals surface area contributed by atoms with Crippen molar-refractivity contribution in [3.63, 3.8) is 0 Å². The van der Waals surface area contributed by atoms with E-state index in [4.69, 9.17) is 14.2 Å². The maximum Gasteiger partial charge on any atom is 0.484 e. The fourth-order valence-corrected chi connectivity index (χ4v) is 3.03. The van der Waals surface area contributed by atoms with E-state index in [9.17, 15) is 26.3 Å². The molecular weight excluding hydrogens is 410 g/mol. The van der Waals surface area contributed by atoms with Crippen molar-refractivity contribution >= 4 is 0 Å². The number of halogens is 6. The van der Waals surface area contributed by atoms with Crippen molar-refractivity contribution < 1.29 is 50.0 Å². The zero-order chi connectivity index (χ0) is 21.3. The summed E-state index contributed by atoms with van der Waals surface area (Å²) in [5, 5.41) is 0. The van der Waals surface area contributed by atoms with Crippen LogP contribution in [0.15, 0.2) is 30.5 Å². The second kappa shape index (κ2) is 7.69. The lowest BCUT2D eigenvalue weighted by Gasteiger charge is -2.52. The maximum atomic E-state index is 14.7. The lowest BCUT2D eigenvalue weighted by atomic mass is 9.84. The van der Waals surface area contributed by atoms with E-state index in [-0.39, 0.29) is 32.2 Å². The fourth-order valence-electron chi connectivity index (χ4n) is 3.03. The average molecular weight is 428 g/mol. The summed E-state index contributed by atoms with van der Waals surface area (Å²) < 4.78 is 104. The van der Waals surface area contributed by atoms with Crippen LogP contribution in [0.1, 0.15) is 19.8 Å². The third-order valence-electron chi connectivity index (χ3n) is 4.44. The number of rotatable bonds is 7. The summed E-state index contributed by atoms with van der Waals surface area (Å²) in [4.78, 5) is 0. The number of benzene rings is 1. The Labute approximate surface area is 162 Å². The molecule has 3 fully saturated rings. The first kappa shape index (κ1) is 21.7. The highest BCUT2D eigenvalue weighted by molar-refractivity contribution is 5.34. The normalized spacial score (nSPS) is 27.4. The van der Waals surface area contributed by atoms with Gasteiger partial charge in [0, 0.05) is 11.5 Å². The molecule has 162 valence electrons. The Balaban J connectivity index is 1.68. The third kappa shape index (κ3) is 4.62. The molecule has 1 aromatic carbocycles. The molecule has 3 aliphatic heterocycles. The van der Waals surface area contributed by atoms with Gasteiger partial charge < -0.3 is 23.7 Å². The van der Waals surface area contributed by atoms with Crippen molar-refractivity contribution in [3.05, 3.63) is 36.4 Å². The van der Waals surface area contributed by atoms with Crippen molar-refractivity contribution in [2.75, 3.05) is 19.8 Å². The molecule has 0 unspecified atom stereocenters. The lowest BCUT2D eigenvalue weighted by molar-refractivity contribution is -0.548. The van der Waals surface area contributed by atoms with Crippen LogP contribution in [0, 0.1) is 11.2 Å². The fraction of sp³-hybridized carbons (Fsp3) is 0.556. The number of allylic oxidation sites excluding steroid dienone is 1. The average Bonchev–Trinajstić information content (AvgIpc) is 2.64. The molecule has 0 spiro atoms. The van der Waals surface area contributed by atoms with Crippen LogP contribution in [0.5, 0.6) is 11.5 Å². The molecule has 3 saturated heterocycles. The molecule has 3 aliphatic rings. The second-order valence-electron chi connectivity index (χ2n) is 6.85. The van der Waals surface area contributed by atoms with Gasteiger partial charge in [-0.25, -0.2) is 4.39 Å². The van der Waals surface area contributed by atoms with Crippen LogP contribution in [0.4, 0.5) is 26.3 Å². The summed E-state index contributed by atoms with van der Waals surface area (Å²) in [5.74, 6) is -5.20. The van der Waals surface area contributed by atoms with Gasteiger partial charge in [-0.15, -0.1) is 0 Å². The van der Waals surface area contributed by atoms with Crippen molar-refractivity contribution in [1.29, 1.82) is 0 Å². The van der Waals surface area contributed by atoms with Gasteiger partial charge in [-0.2, -0.15) is 22.0 Å². The Kier molecular flexibility index (Phi) is 5.76. The minimum atomic E-state index is -4.64. The molecule has 0 radical (unpaired) electrons. The van der Waals surface area contributed by atoms with Gasteiger partial charge in [-0.3, -0.25) is 0 Å². The molecule has 2 bridgehead atoms. The van der Waals surface area contributed by atoms with Crippen molar-refractivity contribution in [3.8, 4) is 11.5 Å². The molecule has 11 heteroatoms. The number of alkyl halides is 5. The molecule has 4 rings (SSSR count). The predicted octanol–water partition coefficient (Wildman–Crippen LogP) is 4.77. The first-order chi connectivity index (χ1) is 13.5. The van der Waals surface area contributed by atoms with E-state index >= 15 is 0 Å². The molecule has 0 saturated carbocycles. The highest BCUT2D eigenvalue weighted by Crippen LogP contribution is 2.48. The Morgan fingerprint density at radius 2 is 1.69 bits per heavy atom. The van der Waals surface area contributed by atoms with Gasteiger partial charge in [0.25, 0.3) is 0 Å². The number of hydrogen-bond donors (Lipinski definition) is 0. The minimum Gasteiger partial charge on any atom is -0.462 e. The standard InChI is InChI=1S/C18H18F6O5/c1-2-5-15-9-26-18(27-10-15,28-11-15)17(23,24)29-12-3-4-14(13(19)8-12)25-7-6-16(20,21)22/h3-4,6-8H,2,5,9-11H2,1H3. The highest BCUT2D eigenvalue weighted by atomic mass is 19.4. The SMILES string of the molecule is CCCC12COC(C(F)(F)Oc3ccc(OC=CC(F)(F)F)c(F)c3)(OC1)OC2. The third-order valence-corrected chi connectivity index (χ3v) is 4.44. The quantitative estimate of drug-likeness (QED) is 0.463. The molecule has 0 atom stereocenters. The molecule has 0 aromatic heterocycles. The predicted molar refractivity (Wildman–Crippen MR) is 85.7 cm³/mol. The van der Waals surface area contributed by atoms with Crippen LogP contribution >= 0.6 is 0 Å². The topological polar surface area (TPSA) is 46.2 Å². The van der Waals surface area contributed by atoms with E-state index in [2.05, 4.69) is 9.47 Å². The summed E-state index contributed by atoms with van der Waals surface area (Å²) in [6.07, 6.45) is -7.32. The van der Waals surface area contributed by atoms with E-state index in [0.29, 0.717) is 12.5 Å². The van der Waals surface area contributed by atoms with Gasteiger partial charge in [-0.05, 0) is 18.6 Å². The summed E-state index contributed by atoms with van der Waals surface area (Å²) in [7, 11) is 0. The zero-order valence-corrected chi connectivity index (χ0v) is 15.2. The summed E-state index contributed by atoms with van der Waals surface area (Å²) in [6.45, 7) is 1.91. The van der Waals surface area contributed by atoms with E-state index in [1.165, 1.54) is 0 Å². The maximum absolute atomic E-state index is 14.7. The first-order valence-electron chi connectivity index (χ1n) is 8.69. The molecular formula is C18H18F6O5. The lowest BCUT2D eigenvalue weighted by Crippen LogP contribution is -2.68. The first-order valence-corrected chi connectivity index (χ1v) is 8.69. The molecule has 0 amide bonds. The molecule has 0 N–H and O–H groups in total. The van der Waals surface area contributed by atoms with Crippen LogP contribution < -0.4 is 9.47 Å². The molecule has 5 nitrogen and oxygen atoms in total. The Morgan fingerprint density at radius 3 is 2.21 bits per heavy atom. The molecule has 3 heterocycles. The monoisotopic (exact) mass is 428 g/mol. The minimum absolute atomic E-state index is 0.00747.